The van der Waals surface area contributed by atoms with Gasteiger partial charge in [-0.2, -0.15) is 4.98 Å². The first-order valence-electron chi connectivity index (χ1n) is 8.80. The van der Waals surface area contributed by atoms with Gasteiger partial charge in [0, 0.05) is 49.5 Å². The monoisotopic (exact) mass is 363 g/mol. The zero-order valence-corrected chi connectivity index (χ0v) is 15.3. The zero-order chi connectivity index (χ0) is 18.6. The third-order valence-corrected chi connectivity index (χ3v) is 4.35. The van der Waals surface area contributed by atoms with Crippen molar-refractivity contribution >= 4 is 17.5 Å². The highest BCUT2D eigenvalue weighted by Gasteiger charge is 2.14. The van der Waals surface area contributed by atoms with Crippen LogP contribution in [0, 0.1) is 6.92 Å². The minimum atomic E-state index is 0.256. The quantitative estimate of drug-likeness (QED) is 0.720. The highest BCUT2D eigenvalue weighted by atomic mass is 16.7. The van der Waals surface area contributed by atoms with Crippen LogP contribution in [0.25, 0.3) is 0 Å². The van der Waals surface area contributed by atoms with E-state index in [1.165, 1.54) is 5.56 Å². The van der Waals surface area contributed by atoms with Crippen LogP contribution >= 0.6 is 0 Å². The maximum absolute atomic E-state index is 5.42. The van der Waals surface area contributed by atoms with Crippen molar-refractivity contribution in [3.63, 3.8) is 0 Å². The van der Waals surface area contributed by atoms with Crippen LogP contribution in [0.3, 0.4) is 0 Å². The van der Waals surface area contributed by atoms with E-state index in [0.717, 1.165) is 41.7 Å². The minimum absolute atomic E-state index is 0.256. The van der Waals surface area contributed by atoms with Gasteiger partial charge in [-0.1, -0.05) is 0 Å². The second-order valence-electron chi connectivity index (χ2n) is 6.41. The predicted molar refractivity (Wildman–Crippen MR) is 104 cm³/mol. The maximum atomic E-state index is 5.42. The molecule has 27 heavy (non-hydrogen) atoms. The smallest absolute Gasteiger partial charge is 0.231 e. The van der Waals surface area contributed by atoms with E-state index in [0.29, 0.717) is 5.95 Å². The molecule has 4 rings (SSSR count). The average molecular weight is 363 g/mol. The first kappa shape index (κ1) is 17.1. The molecule has 138 valence electrons. The molecule has 0 amide bonds. The van der Waals surface area contributed by atoms with E-state index in [4.69, 9.17) is 9.47 Å². The molecule has 0 bridgehead atoms. The fourth-order valence-electron chi connectivity index (χ4n) is 2.87. The Bertz CT molecular complexity index is 933. The van der Waals surface area contributed by atoms with Gasteiger partial charge in [0.15, 0.2) is 11.5 Å². The molecule has 3 heterocycles. The molecule has 0 aliphatic carbocycles. The highest BCUT2D eigenvalue weighted by molar-refractivity contribution is 5.61. The number of anilines is 3. The first-order chi connectivity index (χ1) is 13.2. The molecule has 1 aliphatic heterocycles. The normalized spacial score (nSPS) is 12.1. The zero-order valence-electron chi connectivity index (χ0n) is 15.3. The molecule has 0 saturated carbocycles. The van der Waals surface area contributed by atoms with Crippen molar-refractivity contribution in [3.8, 4) is 11.5 Å². The first-order valence-corrected chi connectivity index (χ1v) is 8.80. The van der Waals surface area contributed by atoms with Crippen molar-refractivity contribution in [2.45, 2.75) is 13.3 Å². The van der Waals surface area contributed by atoms with Gasteiger partial charge in [-0.3, -0.25) is 4.98 Å². The molecule has 0 fully saturated rings. The molecule has 1 N–H and O–H groups in total. The summed E-state index contributed by atoms with van der Waals surface area (Å²) in [7, 11) is 2.04. The van der Waals surface area contributed by atoms with Crippen LogP contribution in [0.2, 0.25) is 0 Å². The van der Waals surface area contributed by atoms with E-state index < -0.39 is 0 Å². The molecule has 7 nitrogen and oxygen atoms in total. The molecule has 0 unspecified atom stereocenters. The number of likely N-dealkylation sites (N-methyl/N-ethyl adjacent to an activating group) is 1. The lowest BCUT2D eigenvalue weighted by atomic mass is 10.2. The molecule has 7 heteroatoms. The van der Waals surface area contributed by atoms with Crippen molar-refractivity contribution in [3.05, 3.63) is 60.0 Å². The topological polar surface area (TPSA) is 72.4 Å². The van der Waals surface area contributed by atoms with E-state index in [2.05, 4.69) is 25.2 Å². The van der Waals surface area contributed by atoms with Gasteiger partial charge in [-0.05, 0) is 43.2 Å². The predicted octanol–water partition coefficient (Wildman–Crippen LogP) is 3.33. The van der Waals surface area contributed by atoms with E-state index in [1.54, 1.807) is 0 Å². The summed E-state index contributed by atoms with van der Waals surface area (Å²) in [5, 5.41) is 3.25. The lowest BCUT2D eigenvalue weighted by Crippen LogP contribution is -2.22. The Morgan fingerprint density at radius 1 is 1.04 bits per heavy atom. The van der Waals surface area contributed by atoms with Gasteiger partial charge < -0.3 is 19.7 Å². The number of pyridine rings is 1. The summed E-state index contributed by atoms with van der Waals surface area (Å²) < 4.78 is 10.8. The largest absolute Gasteiger partial charge is 0.454 e. The lowest BCUT2D eigenvalue weighted by Gasteiger charge is -2.19. The Balaban J connectivity index is 1.47. The lowest BCUT2D eigenvalue weighted by molar-refractivity contribution is 0.174. The Kier molecular flexibility index (Phi) is 4.74. The van der Waals surface area contributed by atoms with Crippen LogP contribution in [0.15, 0.2) is 48.8 Å². The standard InChI is InChI=1S/C20H21N5O2/c1-14-11-19(25(2)10-7-15-5-8-21-9-6-15)24-20(22-14)23-16-3-4-17-18(12-16)27-13-26-17/h3-6,8-9,11-12H,7,10,13H2,1-2H3,(H,22,23,24). The van der Waals surface area contributed by atoms with Crippen molar-refractivity contribution in [1.82, 2.24) is 15.0 Å². The molecule has 0 spiro atoms. The molecule has 0 radical (unpaired) electrons. The summed E-state index contributed by atoms with van der Waals surface area (Å²) in [6.07, 6.45) is 4.56. The van der Waals surface area contributed by atoms with Crippen LogP contribution in [-0.2, 0) is 6.42 Å². The van der Waals surface area contributed by atoms with Crippen molar-refractivity contribution in [1.29, 1.82) is 0 Å². The van der Waals surface area contributed by atoms with E-state index in [9.17, 15) is 0 Å². The minimum Gasteiger partial charge on any atom is -0.454 e. The number of nitrogens with zero attached hydrogens (tertiary/aromatic N) is 4. The van der Waals surface area contributed by atoms with Gasteiger partial charge in [0.05, 0.1) is 0 Å². The van der Waals surface area contributed by atoms with Crippen LogP contribution in [0.1, 0.15) is 11.3 Å². The van der Waals surface area contributed by atoms with Gasteiger partial charge in [0.1, 0.15) is 5.82 Å². The van der Waals surface area contributed by atoms with Gasteiger partial charge in [-0.25, -0.2) is 4.98 Å². The molecular weight excluding hydrogens is 342 g/mol. The molecule has 1 aromatic carbocycles. The van der Waals surface area contributed by atoms with Crippen LogP contribution in [0.4, 0.5) is 17.5 Å². The number of rotatable bonds is 6. The summed E-state index contributed by atoms with van der Waals surface area (Å²) in [5.74, 6) is 2.91. The number of nitrogens with one attached hydrogen (secondary N) is 1. The van der Waals surface area contributed by atoms with Gasteiger partial charge in [-0.15, -0.1) is 0 Å². The summed E-state index contributed by atoms with van der Waals surface area (Å²) >= 11 is 0. The van der Waals surface area contributed by atoms with Gasteiger partial charge >= 0.3 is 0 Å². The Labute approximate surface area is 158 Å². The average Bonchev–Trinajstić information content (AvgIpc) is 3.14. The fraction of sp³-hybridized carbons (Fsp3) is 0.250. The van der Waals surface area contributed by atoms with Crippen molar-refractivity contribution in [2.75, 3.05) is 30.6 Å². The number of fused-ring (bicyclic) bond motifs is 1. The number of aromatic nitrogens is 3. The SMILES string of the molecule is Cc1cc(N(C)CCc2ccncc2)nc(Nc2ccc3c(c2)OCO3)n1. The highest BCUT2D eigenvalue weighted by Crippen LogP contribution is 2.34. The second-order valence-corrected chi connectivity index (χ2v) is 6.41. The maximum Gasteiger partial charge on any atom is 0.231 e. The second kappa shape index (κ2) is 7.49. The Morgan fingerprint density at radius 2 is 1.85 bits per heavy atom. The number of hydrogen-bond donors (Lipinski definition) is 1. The summed E-state index contributed by atoms with van der Waals surface area (Å²) in [5.41, 5.74) is 3.01. The van der Waals surface area contributed by atoms with Crippen molar-refractivity contribution in [2.24, 2.45) is 0 Å². The molecule has 3 aromatic rings. The van der Waals surface area contributed by atoms with Crippen LogP contribution in [0.5, 0.6) is 11.5 Å². The number of aryl methyl sites for hydroxylation is 1. The van der Waals surface area contributed by atoms with Crippen LogP contribution < -0.4 is 19.7 Å². The third-order valence-electron chi connectivity index (χ3n) is 4.35. The van der Waals surface area contributed by atoms with Crippen LogP contribution in [-0.4, -0.2) is 35.3 Å². The van der Waals surface area contributed by atoms with Gasteiger partial charge in [0.25, 0.3) is 0 Å². The molecule has 1 aliphatic rings. The Morgan fingerprint density at radius 3 is 2.70 bits per heavy atom. The third kappa shape index (κ3) is 4.08. The fourth-order valence-corrected chi connectivity index (χ4v) is 2.87. The van der Waals surface area contributed by atoms with Crippen molar-refractivity contribution < 1.29 is 9.47 Å². The molecule has 0 atom stereocenters. The summed E-state index contributed by atoms with van der Waals surface area (Å²) in [6.45, 7) is 3.07. The Hall–Kier alpha value is -3.35. The molecular formula is C20H21N5O2. The van der Waals surface area contributed by atoms with E-state index >= 15 is 0 Å². The number of hydrogen-bond acceptors (Lipinski definition) is 7. The summed E-state index contributed by atoms with van der Waals surface area (Å²) in [4.78, 5) is 15.3. The van der Waals surface area contributed by atoms with Gasteiger partial charge in [0.2, 0.25) is 12.7 Å². The van der Waals surface area contributed by atoms with E-state index in [1.807, 2.05) is 62.8 Å². The molecule has 0 saturated heterocycles. The number of ether oxygens (including phenoxy) is 2. The van der Waals surface area contributed by atoms with E-state index in [-0.39, 0.29) is 6.79 Å². The summed E-state index contributed by atoms with van der Waals surface area (Å²) in [6, 6.07) is 11.7. The number of benzene rings is 1. The molecule has 2 aromatic heterocycles.